The van der Waals surface area contributed by atoms with Gasteiger partial charge in [0.25, 0.3) is 0 Å². The molecule has 1 unspecified atom stereocenters. The van der Waals surface area contributed by atoms with Gasteiger partial charge in [0, 0.05) is 51.4 Å². The van der Waals surface area contributed by atoms with Crippen LogP contribution in [0.1, 0.15) is 46.0 Å². The Hall–Kier alpha value is -0.930. The van der Waals surface area contributed by atoms with Gasteiger partial charge in [0.2, 0.25) is 0 Å². The maximum absolute atomic E-state index is 10.9. The van der Waals surface area contributed by atoms with E-state index in [0.717, 1.165) is 71.7 Å². The van der Waals surface area contributed by atoms with Gasteiger partial charge in [-0.1, -0.05) is 19.3 Å². The minimum absolute atomic E-state index is 0.189. The van der Waals surface area contributed by atoms with E-state index >= 15 is 0 Å². The fourth-order valence-corrected chi connectivity index (χ4v) is 4.98. The molecule has 0 aromatic heterocycles. The topological polar surface area (TPSA) is 81.6 Å². The minimum Gasteiger partial charge on any atom is -0.387 e. The number of rotatable bonds is 8. The molecule has 1 aliphatic carbocycles. The van der Waals surface area contributed by atoms with Gasteiger partial charge in [0.15, 0.2) is 5.96 Å². The molecule has 3 aliphatic rings. The summed E-state index contributed by atoms with van der Waals surface area (Å²) in [4.78, 5) is 9.65. The van der Waals surface area contributed by atoms with Crippen molar-refractivity contribution < 1.29 is 14.6 Å². The van der Waals surface area contributed by atoms with Gasteiger partial charge in [-0.3, -0.25) is 14.8 Å². The molecule has 8 heteroatoms. The molecule has 3 rings (SSSR count). The monoisotopic (exact) mass is 425 g/mol. The van der Waals surface area contributed by atoms with Gasteiger partial charge in [-0.2, -0.15) is 0 Å². The van der Waals surface area contributed by atoms with Crippen LogP contribution in [0.3, 0.4) is 0 Å². The number of ether oxygens (including phenoxy) is 2. The van der Waals surface area contributed by atoms with Crippen LogP contribution in [0.5, 0.6) is 0 Å². The molecule has 0 amide bonds. The molecule has 2 heterocycles. The van der Waals surface area contributed by atoms with Crippen molar-refractivity contribution in [1.82, 2.24) is 20.4 Å². The third-order valence-corrected chi connectivity index (χ3v) is 6.64. The molecular formula is C22H43N5O3. The van der Waals surface area contributed by atoms with Gasteiger partial charge in [-0.25, -0.2) is 0 Å². The molecule has 3 N–H and O–H groups in total. The summed E-state index contributed by atoms with van der Waals surface area (Å²) in [6, 6.07) is 0. The first-order chi connectivity index (χ1) is 14.5. The third-order valence-electron chi connectivity index (χ3n) is 6.64. The van der Waals surface area contributed by atoms with Gasteiger partial charge in [0.05, 0.1) is 38.6 Å². The Kier molecular flexibility index (Phi) is 9.19. The van der Waals surface area contributed by atoms with Crippen LogP contribution < -0.4 is 10.6 Å². The van der Waals surface area contributed by atoms with E-state index in [2.05, 4.69) is 27.4 Å². The number of aliphatic imine (C=N–C) groups is 1. The highest BCUT2D eigenvalue weighted by atomic mass is 16.5. The summed E-state index contributed by atoms with van der Waals surface area (Å²) in [5.41, 5.74) is -0.666. The van der Waals surface area contributed by atoms with Crippen LogP contribution in [0.4, 0.5) is 0 Å². The summed E-state index contributed by atoms with van der Waals surface area (Å²) in [6.45, 7) is 13.6. The lowest BCUT2D eigenvalue weighted by Crippen LogP contribution is -2.60. The lowest BCUT2D eigenvalue weighted by atomic mass is 9.80. The van der Waals surface area contributed by atoms with Crippen molar-refractivity contribution in [2.24, 2.45) is 4.99 Å². The second-order valence-corrected chi connectivity index (χ2v) is 9.32. The zero-order valence-electron chi connectivity index (χ0n) is 19.1. The Morgan fingerprint density at radius 1 is 1.00 bits per heavy atom. The summed E-state index contributed by atoms with van der Waals surface area (Å²) in [7, 11) is 0. The van der Waals surface area contributed by atoms with E-state index in [-0.39, 0.29) is 5.54 Å². The summed E-state index contributed by atoms with van der Waals surface area (Å²) < 4.78 is 11.0. The van der Waals surface area contributed by atoms with Gasteiger partial charge in [0.1, 0.15) is 0 Å². The van der Waals surface area contributed by atoms with Gasteiger partial charge >= 0.3 is 0 Å². The number of morpholine rings is 2. The molecule has 0 radical (unpaired) electrons. The highest BCUT2D eigenvalue weighted by Gasteiger charge is 2.38. The number of aliphatic hydroxyl groups is 1. The Balaban J connectivity index is 1.58. The first kappa shape index (κ1) is 23.7. The molecule has 30 heavy (non-hydrogen) atoms. The maximum Gasteiger partial charge on any atom is 0.191 e. The summed E-state index contributed by atoms with van der Waals surface area (Å²) in [6.07, 6.45) is 6.38. The van der Waals surface area contributed by atoms with Crippen molar-refractivity contribution in [2.75, 3.05) is 78.8 Å². The Bertz CT molecular complexity index is 525. The molecule has 0 spiro atoms. The predicted molar refractivity (Wildman–Crippen MR) is 120 cm³/mol. The van der Waals surface area contributed by atoms with Gasteiger partial charge in [-0.05, 0) is 26.7 Å². The molecule has 0 aromatic carbocycles. The molecule has 0 aromatic rings. The van der Waals surface area contributed by atoms with Crippen LogP contribution in [-0.4, -0.2) is 111 Å². The molecule has 2 aliphatic heterocycles. The van der Waals surface area contributed by atoms with Gasteiger partial charge in [-0.15, -0.1) is 0 Å². The standard InChI is InChI=1S/C22H43N5O3/c1-3-23-20(24-17-21(2,28)19-26-9-13-29-14-10-26)25-18-22(7-5-4-6-8-22)27-11-15-30-16-12-27/h28H,3-19H2,1-2H3,(H2,23,24,25). The van der Waals surface area contributed by atoms with Crippen LogP contribution in [0.15, 0.2) is 4.99 Å². The summed E-state index contributed by atoms with van der Waals surface area (Å²) >= 11 is 0. The Morgan fingerprint density at radius 2 is 1.63 bits per heavy atom. The highest BCUT2D eigenvalue weighted by molar-refractivity contribution is 5.79. The van der Waals surface area contributed by atoms with Crippen LogP contribution in [0.2, 0.25) is 0 Å². The number of hydrogen-bond acceptors (Lipinski definition) is 6. The third kappa shape index (κ3) is 7.05. The normalized spacial score (nSPS) is 26.2. The largest absolute Gasteiger partial charge is 0.387 e. The highest BCUT2D eigenvalue weighted by Crippen LogP contribution is 2.33. The molecule has 3 fully saturated rings. The van der Waals surface area contributed by atoms with E-state index in [1.54, 1.807) is 0 Å². The van der Waals surface area contributed by atoms with Gasteiger partial charge < -0.3 is 25.2 Å². The van der Waals surface area contributed by atoms with Crippen molar-refractivity contribution in [3.8, 4) is 0 Å². The van der Waals surface area contributed by atoms with E-state index < -0.39 is 5.60 Å². The molecule has 174 valence electrons. The van der Waals surface area contributed by atoms with Crippen molar-refractivity contribution in [1.29, 1.82) is 0 Å². The number of hydrogen-bond donors (Lipinski definition) is 3. The molecule has 1 atom stereocenters. The van der Waals surface area contributed by atoms with Crippen molar-refractivity contribution in [3.05, 3.63) is 0 Å². The summed E-state index contributed by atoms with van der Waals surface area (Å²) in [5.74, 6) is 0.804. The Morgan fingerprint density at radius 3 is 2.27 bits per heavy atom. The van der Waals surface area contributed by atoms with Crippen molar-refractivity contribution in [2.45, 2.75) is 57.1 Å². The van der Waals surface area contributed by atoms with E-state index in [4.69, 9.17) is 14.5 Å². The van der Waals surface area contributed by atoms with Crippen LogP contribution in [-0.2, 0) is 9.47 Å². The van der Waals surface area contributed by atoms with Crippen molar-refractivity contribution in [3.63, 3.8) is 0 Å². The predicted octanol–water partition coefficient (Wildman–Crippen LogP) is 0.660. The average molecular weight is 426 g/mol. The average Bonchev–Trinajstić information content (AvgIpc) is 2.77. The van der Waals surface area contributed by atoms with Crippen LogP contribution in [0.25, 0.3) is 0 Å². The lowest BCUT2D eigenvalue weighted by molar-refractivity contribution is -0.0353. The van der Waals surface area contributed by atoms with E-state index in [1.165, 1.54) is 32.1 Å². The number of nitrogens with zero attached hydrogens (tertiary/aromatic N) is 3. The minimum atomic E-state index is -0.855. The first-order valence-corrected chi connectivity index (χ1v) is 11.9. The van der Waals surface area contributed by atoms with E-state index in [9.17, 15) is 5.11 Å². The molecule has 1 saturated carbocycles. The van der Waals surface area contributed by atoms with Crippen LogP contribution in [0, 0.1) is 0 Å². The second-order valence-electron chi connectivity index (χ2n) is 9.32. The first-order valence-electron chi connectivity index (χ1n) is 11.9. The molecule has 0 bridgehead atoms. The molecular weight excluding hydrogens is 382 g/mol. The number of nitrogens with one attached hydrogen (secondary N) is 2. The Labute approximate surface area is 182 Å². The quantitative estimate of drug-likeness (QED) is 0.389. The maximum atomic E-state index is 10.9. The number of β-amino-alcohol motifs (C(OH)–C–C–N with tert-alkyl or cyclic N) is 1. The molecule has 8 nitrogen and oxygen atoms in total. The summed E-state index contributed by atoms with van der Waals surface area (Å²) in [5, 5.41) is 17.9. The SMILES string of the molecule is CCNC(=NCC(C)(O)CN1CCOCC1)NCC1(N2CCOCC2)CCCCC1. The fraction of sp³-hybridized carbons (Fsp3) is 0.955. The number of guanidine groups is 1. The van der Waals surface area contributed by atoms with E-state index in [1.807, 2.05) is 6.92 Å². The zero-order chi connectivity index (χ0) is 21.3. The van der Waals surface area contributed by atoms with E-state index in [0.29, 0.717) is 13.1 Å². The fourth-order valence-electron chi connectivity index (χ4n) is 4.98. The smallest absolute Gasteiger partial charge is 0.191 e. The lowest BCUT2D eigenvalue weighted by Gasteiger charge is -2.48. The van der Waals surface area contributed by atoms with Crippen molar-refractivity contribution >= 4 is 5.96 Å². The molecule has 2 saturated heterocycles. The zero-order valence-corrected chi connectivity index (χ0v) is 19.1. The second kappa shape index (κ2) is 11.6. The van der Waals surface area contributed by atoms with Crippen LogP contribution >= 0.6 is 0 Å².